The van der Waals surface area contributed by atoms with Crippen molar-refractivity contribution in [1.29, 1.82) is 0 Å². The minimum absolute atomic E-state index is 0.339. The van der Waals surface area contributed by atoms with Gasteiger partial charge in [0.05, 0.1) is 30.1 Å². The summed E-state index contributed by atoms with van der Waals surface area (Å²) in [6.45, 7) is 14.6. The molecule has 1 fully saturated rings. The molecule has 9 heteroatoms. The maximum atomic E-state index is 11.6. The number of hydrogen-bond acceptors (Lipinski definition) is 6. The lowest BCUT2D eigenvalue weighted by atomic mass is 9.79. The van der Waals surface area contributed by atoms with Crippen LogP contribution in [0, 0.1) is 0 Å². The number of amides is 1. The highest BCUT2D eigenvalue weighted by Crippen LogP contribution is 2.36. The molecule has 0 radical (unpaired) electrons. The van der Waals surface area contributed by atoms with E-state index in [1.54, 1.807) is 10.9 Å². The standard InChI is InChI=1S/C18H32BN3O5/c1-16(2,3)25-15(23)20-9-10-24-12-14-13(11-21-22(14)8)19-26-17(4,5)18(6,7)27-19/h11H,9-10,12H2,1-8H3,(H,20,23). The number of aromatic nitrogens is 2. The van der Waals surface area contributed by atoms with Gasteiger partial charge < -0.3 is 24.1 Å². The molecule has 152 valence electrons. The maximum absolute atomic E-state index is 11.6. The molecule has 0 atom stereocenters. The summed E-state index contributed by atoms with van der Waals surface area (Å²) in [6.07, 6.45) is 1.30. The molecule has 0 spiro atoms. The van der Waals surface area contributed by atoms with Crippen LogP contribution < -0.4 is 10.8 Å². The number of aryl methyl sites for hydroxylation is 1. The number of carbonyl (C=O) groups is 1. The van der Waals surface area contributed by atoms with Crippen LogP contribution in [0.2, 0.25) is 0 Å². The summed E-state index contributed by atoms with van der Waals surface area (Å²) in [4.78, 5) is 11.6. The van der Waals surface area contributed by atoms with Crippen molar-refractivity contribution in [2.45, 2.75) is 71.9 Å². The Bertz CT molecular complexity index is 650. The molecular weight excluding hydrogens is 349 g/mol. The van der Waals surface area contributed by atoms with E-state index in [-0.39, 0.29) is 0 Å². The monoisotopic (exact) mass is 381 g/mol. The van der Waals surface area contributed by atoms with Crippen LogP contribution in [-0.2, 0) is 32.4 Å². The lowest BCUT2D eigenvalue weighted by Crippen LogP contribution is -2.41. The summed E-state index contributed by atoms with van der Waals surface area (Å²) >= 11 is 0. The van der Waals surface area contributed by atoms with Crippen molar-refractivity contribution < 1.29 is 23.6 Å². The summed E-state index contributed by atoms with van der Waals surface area (Å²) in [6, 6.07) is 0. The first kappa shape index (κ1) is 21.7. The zero-order chi connectivity index (χ0) is 20.5. The average Bonchev–Trinajstić information content (AvgIpc) is 2.94. The highest BCUT2D eigenvalue weighted by Gasteiger charge is 2.52. The summed E-state index contributed by atoms with van der Waals surface area (Å²) in [7, 11) is 1.37. The zero-order valence-electron chi connectivity index (χ0n) is 17.7. The van der Waals surface area contributed by atoms with E-state index in [0.717, 1.165) is 11.2 Å². The second-order valence-corrected chi connectivity index (χ2v) is 8.74. The van der Waals surface area contributed by atoms with Gasteiger partial charge in [0.1, 0.15) is 5.60 Å². The third-order valence-electron chi connectivity index (χ3n) is 4.75. The fourth-order valence-electron chi connectivity index (χ4n) is 2.53. The van der Waals surface area contributed by atoms with Crippen LogP contribution >= 0.6 is 0 Å². The number of nitrogens with zero attached hydrogens (tertiary/aromatic N) is 2. The maximum Gasteiger partial charge on any atom is 0.498 e. The van der Waals surface area contributed by atoms with Crippen LogP contribution in [0.3, 0.4) is 0 Å². The Balaban J connectivity index is 1.87. The molecule has 1 N–H and O–H groups in total. The number of nitrogens with one attached hydrogen (secondary N) is 1. The van der Waals surface area contributed by atoms with Gasteiger partial charge in [-0.2, -0.15) is 5.10 Å². The van der Waals surface area contributed by atoms with Crippen molar-refractivity contribution in [3.05, 3.63) is 11.9 Å². The van der Waals surface area contributed by atoms with Gasteiger partial charge in [0.2, 0.25) is 0 Å². The molecule has 0 unspecified atom stereocenters. The fraction of sp³-hybridized carbons (Fsp3) is 0.778. The topological polar surface area (TPSA) is 83.8 Å². The molecule has 2 rings (SSSR count). The molecule has 1 saturated heterocycles. The minimum Gasteiger partial charge on any atom is -0.444 e. The smallest absolute Gasteiger partial charge is 0.444 e. The average molecular weight is 381 g/mol. The van der Waals surface area contributed by atoms with E-state index >= 15 is 0 Å². The summed E-state index contributed by atoms with van der Waals surface area (Å²) in [5, 5.41) is 6.98. The highest BCUT2D eigenvalue weighted by molar-refractivity contribution is 6.62. The Hall–Kier alpha value is -1.58. The second kappa shape index (κ2) is 7.81. The van der Waals surface area contributed by atoms with Gasteiger partial charge in [-0.3, -0.25) is 4.68 Å². The number of rotatable bonds is 6. The van der Waals surface area contributed by atoms with Crippen molar-refractivity contribution in [2.75, 3.05) is 13.2 Å². The molecule has 0 bridgehead atoms. The Morgan fingerprint density at radius 1 is 1.26 bits per heavy atom. The highest BCUT2D eigenvalue weighted by atomic mass is 16.7. The van der Waals surface area contributed by atoms with Crippen molar-refractivity contribution in [2.24, 2.45) is 7.05 Å². The van der Waals surface area contributed by atoms with Gasteiger partial charge in [-0.1, -0.05) is 0 Å². The lowest BCUT2D eigenvalue weighted by molar-refractivity contribution is 0.00578. The summed E-state index contributed by atoms with van der Waals surface area (Å²) < 4.78 is 24.8. The minimum atomic E-state index is -0.516. The van der Waals surface area contributed by atoms with E-state index in [1.807, 2.05) is 55.5 Å². The van der Waals surface area contributed by atoms with Crippen molar-refractivity contribution in [3.8, 4) is 0 Å². The largest absolute Gasteiger partial charge is 0.498 e. The van der Waals surface area contributed by atoms with Gasteiger partial charge in [-0.25, -0.2) is 4.79 Å². The van der Waals surface area contributed by atoms with Crippen molar-refractivity contribution in [3.63, 3.8) is 0 Å². The first-order valence-corrected chi connectivity index (χ1v) is 9.23. The van der Waals surface area contributed by atoms with Gasteiger partial charge in [0, 0.05) is 25.3 Å². The fourth-order valence-corrected chi connectivity index (χ4v) is 2.53. The van der Waals surface area contributed by atoms with Gasteiger partial charge >= 0.3 is 13.2 Å². The van der Waals surface area contributed by atoms with E-state index in [4.69, 9.17) is 18.8 Å². The van der Waals surface area contributed by atoms with Gasteiger partial charge in [-0.05, 0) is 48.5 Å². The molecule has 27 heavy (non-hydrogen) atoms. The van der Waals surface area contributed by atoms with E-state index in [2.05, 4.69) is 10.4 Å². The first-order chi connectivity index (χ1) is 12.3. The number of ether oxygens (including phenoxy) is 2. The second-order valence-electron chi connectivity index (χ2n) is 8.74. The Morgan fingerprint density at radius 3 is 2.41 bits per heavy atom. The normalized spacial score (nSPS) is 18.6. The number of alkyl carbamates (subject to hydrolysis) is 1. The molecule has 0 saturated carbocycles. The Labute approximate surface area is 162 Å². The molecular formula is C18H32BN3O5. The molecule has 2 heterocycles. The van der Waals surface area contributed by atoms with Crippen LogP contribution in [0.1, 0.15) is 54.2 Å². The number of hydrogen-bond donors (Lipinski definition) is 1. The van der Waals surface area contributed by atoms with Crippen LogP contribution in [0.4, 0.5) is 4.79 Å². The first-order valence-electron chi connectivity index (χ1n) is 9.23. The van der Waals surface area contributed by atoms with Gasteiger partial charge in [0.25, 0.3) is 0 Å². The zero-order valence-corrected chi connectivity index (χ0v) is 17.7. The van der Waals surface area contributed by atoms with Gasteiger partial charge in [-0.15, -0.1) is 0 Å². The number of carbonyl (C=O) groups excluding carboxylic acids is 1. The molecule has 1 aromatic rings. The van der Waals surface area contributed by atoms with Crippen LogP contribution in [-0.4, -0.2) is 52.9 Å². The Morgan fingerprint density at radius 2 is 1.85 bits per heavy atom. The molecule has 0 aromatic carbocycles. The van der Waals surface area contributed by atoms with Gasteiger partial charge in [0.15, 0.2) is 0 Å². The molecule has 8 nitrogen and oxygen atoms in total. The van der Waals surface area contributed by atoms with Crippen molar-refractivity contribution >= 4 is 18.7 Å². The third-order valence-corrected chi connectivity index (χ3v) is 4.75. The molecule has 1 amide bonds. The van der Waals surface area contributed by atoms with Crippen LogP contribution in [0.5, 0.6) is 0 Å². The van der Waals surface area contributed by atoms with E-state index in [9.17, 15) is 4.79 Å². The van der Waals surface area contributed by atoms with Crippen molar-refractivity contribution in [1.82, 2.24) is 15.1 Å². The predicted molar refractivity (Wildman–Crippen MR) is 103 cm³/mol. The van der Waals surface area contributed by atoms with Crippen LogP contribution in [0.25, 0.3) is 0 Å². The molecule has 1 aliphatic heterocycles. The lowest BCUT2D eigenvalue weighted by Gasteiger charge is -2.32. The Kier molecular flexibility index (Phi) is 6.28. The van der Waals surface area contributed by atoms with E-state index in [1.165, 1.54) is 0 Å². The molecule has 0 aliphatic carbocycles. The third kappa shape index (κ3) is 5.46. The predicted octanol–water partition coefficient (Wildman–Crippen LogP) is 1.76. The summed E-state index contributed by atoms with van der Waals surface area (Å²) in [5.41, 5.74) is 0.394. The molecule has 1 aromatic heterocycles. The SMILES string of the molecule is Cn1ncc(B2OC(C)(C)C(C)(C)O2)c1COCCNC(=O)OC(C)(C)C. The van der Waals surface area contributed by atoms with E-state index in [0.29, 0.717) is 19.8 Å². The van der Waals surface area contributed by atoms with E-state index < -0.39 is 30.0 Å². The van der Waals surface area contributed by atoms with Crippen LogP contribution in [0.15, 0.2) is 6.20 Å². The quantitative estimate of drug-likeness (QED) is 0.597. The molecule has 1 aliphatic rings. The summed E-state index contributed by atoms with van der Waals surface area (Å²) in [5.74, 6) is 0.